The number of ether oxygens (including phenoxy) is 1. The van der Waals surface area contributed by atoms with Gasteiger partial charge in [-0.3, -0.25) is 0 Å². The third kappa shape index (κ3) is 6.37. The van der Waals surface area contributed by atoms with Crippen LogP contribution in [-0.4, -0.2) is 38.1 Å². The Kier molecular flexibility index (Phi) is 7.14. The maximum atomic E-state index is 5.37. The zero-order chi connectivity index (χ0) is 18.1. The summed E-state index contributed by atoms with van der Waals surface area (Å²) >= 11 is 0. The van der Waals surface area contributed by atoms with E-state index in [0.29, 0.717) is 6.54 Å². The summed E-state index contributed by atoms with van der Waals surface area (Å²) in [5.74, 6) is 2.67. The quantitative estimate of drug-likeness (QED) is 0.454. The molecule has 1 heterocycles. The first-order chi connectivity index (χ1) is 12.1. The van der Waals surface area contributed by atoms with Crippen LogP contribution in [0.2, 0.25) is 0 Å². The van der Waals surface area contributed by atoms with Gasteiger partial charge >= 0.3 is 0 Å². The lowest BCUT2D eigenvalue weighted by atomic mass is 10.2. The van der Waals surface area contributed by atoms with Crippen molar-refractivity contribution >= 4 is 5.96 Å². The van der Waals surface area contributed by atoms with Crippen LogP contribution in [0.5, 0.6) is 5.75 Å². The summed E-state index contributed by atoms with van der Waals surface area (Å²) in [6.45, 7) is 8.12. The first-order valence-electron chi connectivity index (χ1n) is 8.37. The SMILES string of the molecule is C=C(C)CN(C)C(=NCc1ccc(OC)cc1)NCCc1ccco1. The van der Waals surface area contributed by atoms with Crippen molar-refractivity contribution in [3.63, 3.8) is 0 Å². The Hall–Kier alpha value is -2.69. The summed E-state index contributed by atoms with van der Waals surface area (Å²) in [4.78, 5) is 6.82. The first kappa shape index (κ1) is 18.6. The van der Waals surface area contributed by atoms with Crippen LogP contribution in [0.1, 0.15) is 18.2 Å². The fourth-order valence-electron chi connectivity index (χ4n) is 2.44. The van der Waals surface area contributed by atoms with E-state index in [1.54, 1.807) is 13.4 Å². The fourth-order valence-corrected chi connectivity index (χ4v) is 2.44. The van der Waals surface area contributed by atoms with E-state index in [1.807, 2.05) is 50.4 Å². The number of rotatable bonds is 8. The van der Waals surface area contributed by atoms with Crippen LogP contribution >= 0.6 is 0 Å². The van der Waals surface area contributed by atoms with Crippen LogP contribution in [0.4, 0.5) is 0 Å². The van der Waals surface area contributed by atoms with Gasteiger partial charge in [0, 0.05) is 26.6 Å². The molecule has 0 aliphatic carbocycles. The van der Waals surface area contributed by atoms with Gasteiger partial charge in [0.05, 0.1) is 19.9 Å². The van der Waals surface area contributed by atoms with Crippen molar-refractivity contribution in [3.05, 3.63) is 66.1 Å². The molecule has 1 aromatic heterocycles. The van der Waals surface area contributed by atoms with E-state index in [-0.39, 0.29) is 0 Å². The molecule has 2 rings (SSSR count). The Bertz CT molecular complexity index is 675. The van der Waals surface area contributed by atoms with Crippen LogP contribution in [-0.2, 0) is 13.0 Å². The predicted octanol–water partition coefficient (Wildman–Crippen LogP) is 3.48. The number of aliphatic imine (C=N–C) groups is 1. The first-order valence-corrected chi connectivity index (χ1v) is 8.37. The number of hydrogen-bond donors (Lipinski definition) is 1. The van der Waals surface area contributed by atoms with Crippen molar-refractivity contribution in [2.75, 3.05) is 27.2 Å². The Labute approximate surface area is 150 Å². The molecule has 5 heteroatoms. The Morgan fingerprint density at radius 2 is 2.04 bits per heavy atom. The van der Waals surface area contributed by atoms with Gasteiger partial charge in [0.15, 0.2) is 5.96 Å². The third-order valence-corrected chi connectivity index (χ3v) is 3.67. The molecule has 0 spiro atoms. The smallest absolute Gasteiger partial charge is 0.194 e. The highest BCUT2D eigenvalue weighted by molar-refractivity contribution is 5.80. The highest BCUT2D eigenvalue weighted by Gasteiger charge is 2.07. The minimum atomic E-state index is 0.605. The van der Waals surface area contributed by atoms with E-state index in [2.05, 4.69) is 16.8 Å². The summed E-state index contributed by atoms with van der Waals surface area (Å²) in [7, 11) is 3.68. The lowest BCUT2D eigenvalue weighted by Gasteiger charge is -2.22. The van der Waals surface area contributed by atoms with Gasteiger partial charge in [-0.1, -0.05) is 24.3 Å². The van der Waals surface area contributed by atoms with E-state index in [1.165, 1.54) is 0 Å². The molecule has 134 valence electrons. The number of guanidine groups is 1. The van der Waals surface area contributed by atoms with Gasteiger partial charge < -0.3 is 19.4 Å². The van der Waals surface area contributed by atoms with E-state index in [4.69, 9.17) is 14.1 Å². The standard InChI is InChI=1S/C20H27N3O2/c1-16(2)15-23(3)20(21-12-11-19-6-5-13-25-19)22-14-17-7-9-18(24-4)10-8-17/h5-10,13H,1,11-12,14-15H2,2-4H3,(H,21,22). The molecule has 5 nitrogen and oxygen atoms in total. The zero-order valence-electron chi connectivity index (χ0n) is 15.3. The van der Waals surface area contributed by atoms with Gasteiger partial charge in [0.2, 0.25) is 0 Å². The maximum Gasteiger partial charge on any atom is 0.194 e. The second-order valence-electron chi connectivity index (χ2n) is 6.06. The molecule has 2 aromatic rings. The number of nitrogens with zero attached hydrogens (tertiary/aromatic N) is 2. The molecule has 0 saturated heterocycles. The summed E-state index contributed by atoms with van der Waals surface area (Å²) in [5.41, 5.74) is 2.22. The summed E-state index contributed by atoms with van der Waals surface area (Å²) < 4.78 is 10.6. The van der Waals surface area contributed by atoms with Crippen molar-refractivity contribution in [2.45, 2.75) is 19.9 Å². The number of nitrogens with one attached hydrogen (secondary N) is 1. The molecule has 1 aromatic carbocycles. The van der Waals surface area contributed by atoms with Gasteiger partial charge in [-0.2, -0.15) is 0 Å². The molecular formula is C20H27N3O2. The molecule has 0 saturated carbocycles. The molecule has 25 heavy (non-hydrogen) atoms. The van der Waals surface area contributed by atoms with Crippen LogP contribution in [0.15, 0.2) is 64.2 Å². The fraction of sp³-hybridized carbons (Fsp3) is 0.350. The van der Waals surface area contributed by atoms with Crippen LogP contribution in [0.3, 0.4) is 0 Å². The monoisotopic (exact) mass is 341 g/mol. The van der Waals surface area contributed by atoms with Gasteiger partial charge in [0.25, 0.3) is 0 Å². The predicted molar refractivity (Wildman–Crippen MR) is 102 cm³/mol. The van der Waals surface area contributed by atoms with Crippen molar-refractivity contribution in [3.8, 4) is 5.75 Å². The normalized spacial score (nSPS) is 11.2. The average Bonchev–Trinajstić information content (AvgIpc) is 3.11. The van der Waals surface area contributed by atoms with Gasteiger partial charge in [-0.15, -0.1) is 0 Å². The molecular weight excluding hydrogens is 314 g/mol. The second-order valence-corrected chi connectivity index (χ2v) is 6.06. The lowest BCUT2D eigenvalue weighted by molar-refractivity contribution is 0.414. The van der Waals surface area contributed by atoms with E-state index >= 15 is 0 Å². The Balaban J connectivity index is 1.99. The minimum Gasteiger partial charge on any atom is -0.497 e. The van der Waals surface area contributed by atoms with E-state index in [0.717, 1.165) is 48.1 Å². The highest BCUT2D eigenvalue weighted by atomic mass is 16.5. The van der Waals surface area contributed by atoms with Crippen molar-refractivity contribution in [2.24, 2.45) is 4.99 Å². The zero-order valence-corrected chi connectivity index (χ0v) is 15.3. The molecule has 0 unspecified atom stereocenters. The van der Waals surface area contributed by atoms with Gasteiger partial charge in [0.1, 0.15) is 11.5 Å². The molecule has 0 amide bonds. The topological polar surface area (TPSA) is 50.0 Å². The number of methoxy groups -OCH3 is 1. The third-order valence-electron chi connectivity index (χ3n) is 3.67. The Morgan fingerprint density at radius 1 is 1.28 bits per heavy atom. The van der Waals surface area contributed by atoms with Crippen molar-refractivity contribution in [1.29, 1.82) is 0 Å². The molecule has 0 radical (unpaired) electrons. The minimum absolute atomic E-state index is 0.605. The maximum absolute atomic E-state index is 5.37. The summed E-state index contributed by atoms with van der Waals surface area (Å²) in [6.07, 6.45) is 2.51. The second kappa shape index (κ2) is 9.57. The van der Waals surface area contributed by atoms with Crippen LogP contribution in [0.25, 0.3) is 0 Å². The lowest BCUT2D eigenvalue weighted by Crippen LogP contribution is -2.40. The molecule has 0 atom stereocenters. The highest BCUT2D eigenvalue weighted by Crippen LogP contribution is 2.12. The summed E-state index contributed by atoms with van der Waals surface area (Å²) in [6, 6.07) is 11.8. The molecule has 0 aliphatic rings. The van der Waals surface area contributed by atoms with Gasteiger partial charge in [-0.05, 0) is 36.8 Å². The number of benzene rings is 1. The van der Waals surface area contributed by atoms with E-state index in [9.17, 15) is 0 Å². The average molecular weight is 341 g/mol. The number of furan rings is 1. The molecule has 1 N–H and O–H groups in total. The van der Waals surface area contributed by atoms with Crippen molar-refractivity contribution < 1.29 is 9.15 Å². The van der Waals surface area contributed by atoms with Crippen LogP contribution in [0, 0.1) is 0 Å². The van der Waals surface area contributed by atoms with Crippen LogP contribution < -0.4 is 10.1 Å². The van der Waals surface area contributed by atoms with Crippen molar-refractivity contribution in [1.82, 2.24) is 10.2 Å². The molecule has 0 aliphatic heterocycles. The van der Waals surface area contributed by atoms with E-state index < -0.39 is 0 Å². The molecule has 0 bridgehead atoms. The summed E-state index contributed by atoms with van der Waals surface area (Å²) in [5, 5.41) is 3.41. The number of likely N-dealkylation sites (N-methyl/N-ethyl adjacent to an activating group) is 1. The Morgan fingerprint density at radius 3 is 2.64 bits per heavy atom. The van der Waals surface area contributed by atoms with Gasteiger partial charge in [-0.25, -0.2) is 4.99 Å². The number of hydrogen-bond acceptors (Lipinski definition) is 3. The molecule has 0 fully saturated rings. The largest absolute Gasteiger partial charge is 0.497 e.